The quantitative estimate of drug-likeness (QED) is 0.696. The van der Waals surface area contributed by atoms with E-state index in [2.05, 4.69) is 15.3 Å². The second-order valence-corrected chi connectivity index (χ2v) is 3.50. The van der Waals surface area contributed by atoms with Gasteiger partial charge in [-0.25, -0.2) is 9.97 Å². The Morgan fingerprint density at radius 2 is 2.07 bits per heavy atom. The predicted molar refractivity (Wildman–Crippen MR) is 56.2 cm³/mol. The first-order chi connectivity index (χ1) is 6.68. The van der Waals surface area contributed by atoms with Gasteiger partial charge in [0, 0.05) is 18.9 Å². The molecular weight excluding hydrogens is 178 g/mol. The fourth-order valence-corrected chi connectivity index (χ4v) is 1.08. The molecule has 0 fully saturated rings. The molecule has 0 aromatic carbocycles. The normalized spacial score (nSPS) is 12.5. The molecule has 1 unspecified atom stereocenters. The average molecular weight is 195 g/mol. The summed E-state index contributed by atoms with van der Waals surface area (Å²) in [4.78, 5) is 8.22. The third kappa shape index (κ3) is 4.18. The molecule has 0 bridgehead atoms. The molecule has 1 heterocycles. The van der Waals surface area contributed by atoms with Crippen LogP contribution < -0.4 is 5.32 Å². The van der Waals surface area contributed by atoms with Gasteiger partial charge in [-0.2, -0.15) is 0 Å². The van der Waals surface area contributed by atoms with Gasteiger partial charge in [-0.1, -0.05) is 0 Å². The Balaban J connectivity index is 2.21. The third-order valence-electron chi connectivity index (χ3n) is 1.86. The fourth-order valence-electron chi connectivity index (χ4n) is 1.08. The number of hydrogen-bond acceptors (Lipinski definition) is 4. The molecule has 0 radical (unpaired) electrons. The molecule has 0 saturated carbocycles. The maximum Gasteiger partial charge on any atom is 0.222 e. The van der Waals surface area contributed by atoms with Crippen LogP contribution in [0.3, 0.4) is 0 Å². The number of nitrogens with zero attached hydrogens (tertiary/aromatic N) is 2. The lowest BCUT2D eigenvalue weighted by atomic mass is 10.2. The molecule has 78 valence electrons. The summed E-state index contributed by atoms with van der Waals surface area (Å²) >= 11 is 0. The van der Waals surface area contributed by atoms with Crippen LogP contribution in [0.2, 0.25) is 0 Å². The fraction of sp³-hybridized carbons (Fsp3) is 0.600. The van der Waals surface area contributed by atoms with Gasteiger partial charge in [-0.05, 0) is 32.3 Å². The number of anilines is 1. The van der Waals surface area contributed by atoms with E-state index in [9.17, 15) is 0 Å². The molecule has 0 aliphatic rings. The highest BCUT2D eigenvalue weighted by atomic mass is 16.3. The topological polar surface area (TPSA) is 58.0 Å². The Morgan fingerprint density at radius 3 is 2.64 bits per heavy atom. The van der Waals surface area contributed by atoms with E-state index < -0.39 is 0 Å². The zero-order valence-corrected chi connectivity index (χ0v) is 8.70. The van der Waals surface area contributed by atoms with E-state index in [1.807, 2.05) is 6.92 Å². The van der Waals surface area contributed by atoms with Crippen molar-refractivity contribution in [2.75, 3.05) is 11.9 Å². The van der Waals surface area contributed by atoms with Crippen LogP contribution in [-0.2, 0) is 0 Å². The molecule has 4 nitrogen and oxygen atoms in total. The summed E-state index contributed by atoms with van der Waals surface area (Å²) in [6.45, 7) is 4.55. The van der Waals surface area contributed by atoms with E-state index in [4.69, 9.17) is 5.11 Å². The van der Waals surface area contributed by atoms with Crippen LogP contribution in [0, 0.1) is 6.92 Å². The number of aliphatic hydroxyl groups is 1. The van der Waals surface area contributed by atoms with Crippen molar-refractivity contribution in [1.29, 1.82) is 0 Å². The van der Waals surface area contributed by atoms with Crippen LogP contribution in [0.4, 0.5) is 5.95 Å². The largest absolute Gasteiger partial charge is 0.393 e. The lowest BCUT2D eigenvalue weighted by Gasteiger charge is -2.05. The molecule has 0 aliphatic heterocycles. The Hall–Kier alpha value is -1.16. The van der Waals surface area contributed by atoms with Gasteiger partial charge in [-0.3, -0.25) is 0 Å². The second-order valence-electron chi connectivity index (χ2n) is 3.50. The molecule has 0 spiro atoms. The molecule has 14 heavy (non-hydrogen) atoms. The van der Waals surface area contributed by atoms with Crippen LogP contribution in [0.1, 0.15) is 25.3 Å². The Kier molecular flexibility index (Phi) is 4.32. The minimum atomic E-state index is -0.226. The summed E-state index contributed by atoms with van der Waals surface area (Å²) in [6, 6.07) is 0. The minimum Gasteiger partial charge on any atom is -0.393 e. The molecule has 0 amide bonds. The Morgan fingerprint density at radius 1 is 1.43 bits per heavy atom. The van der Waals surface area contributed by atoms with Gasteiger partial charge in [0.25, 0.3) is 0 Å². The van der Waals surface area contributed by atoms with Gasteiger partial charge in [-0.15, -0.1) is 0 Å². The molecule has 4 heteroatoms. The van der Waals surface area contributed by atoms with Crippen LogP contribution in [0.15, 0.2) is 12.4 Å². The first kappa shape index (κ1) is 10.9. The zero-order chi connectivity index (χ0) is 10.4. The lowest BCUT2D eigenvalue weighted by molar-refractivity contribution is 0.183. The van der Waals surface area contributed by atoms with E-state index in [0.29, 0.717) is 5.95 Å². The van der Waals surface area contributed by atoms with Crippen LogP contribution in [-0.4, -0.2) is 27.7 Å². The molecule has 2 N–H and O–H groups in total. The van der Waals surface area contributed by atoms with Crippen molar-refractivity contribution in [3.8, 4) is 0 Å². The second kappa shape index (κ2) is 5.54. The number of rotatable bonds is 5. The summed E-state index contributed by atoms with van der Waals surface area (Å²) in [7, 11) is 0. The third-order valence-corrected chi connectivity index (χ3v) is 1.86. The first-order valence-corrected chi connectivity index (χ1v) is 4.89. The van der Waals surface area contributed by atoms with Crippen LogP contribution >= 0.6 is 0 Å². The van der Waals surface area contributed by atoms with Crippen molar-refractivity contribution in [3.05, 3.63) is 18.0 Å². The monoisotopic (exact) mass is 195 g/mol. The molecule has 1 rings (SSSR count). The van der Waals surface area contributed by atoms with E-state index >= 15 is 0 Å². The number of aryl methyl sites for hydroxylation is 1. The average Bonchev–Trinajstić information content (AvgIpc) is 2.15. The van der Waals surface area contributed by atoms with E-state index in [-0.39, 0.29) is 6.10 Å². The summed E-state index contributed by atoms with van der Waals surface area (Å²) in [5, 5.41) is 12.1. The van der Waals surface area contributed by atoms with Gasteiger partial charge < -0.3 is 10.4 Å². The highest BCUT2D eigenvalue weighted by Gasteiger charge is 1.96. The van der Waals surface area contributed by atoms with Crippen molar-refractivity contribution in [2.45, 2.75) is 32.8 Å². The number of aliphatic hydroxyl groups excluding tert-OH is 1. The van der Waals surface area contributed by atoms with Crippen molar-refractivity contribution >= 4 is 5.95 Å². The van der Waals surface area contributed by atoms with Gasteiger partial charge in [0.15, 0.2) is 0 Å². The molecular formula is C10H17N3O. The van der Waals surface area contributed by atoms with Crippen LogP contribution in [0.25, 0.3) is 0 Å². The van der Waals surface area contributed by atoms with Gasteiger partial charge in [0.1, 0.15) is 0 Å². The van der Waals surface area contributed by atoms with Gasteiger partial charge >= 0.3 is 0 Å². The molecule has 0 aliphatic carbocycles. The van der Waals surface area contributed by atoms with Gasteiger partial charge in [0.2, 0.25) is 5.95 Å². The summed E-state index contributed by atoms with van der Waals surface area (Å²) in [5.74, 6) is 0.654. The maximum atomic E-state index is 9.03. The SMILES string of the molecule is Cc1cnc(NCCCC(C)O)nc1. The lowest BCUT2D eigenvalue weighted by Crippen LogP contribution is -2.08. The molecule has 1 aromatic heterocycles. The molecule has 1 aromatic rings. The minimum absolute atomic E-state index is 0.226. The van der Waals surface area contributed by atoms with E-state index in [1.165, 1.54) is 0 Å². The van der Waals surface area contributed by atoms with E-state index in [1.54, 1.807) is 19.3 Å². The molecule has 1 atom stereocenters. The highest BCUT2D eigenvalue weighted by Crippen LogP contribution is 2.00. The Labute approximate surface area is 84.4 Å². The first-order valence-electron chi connectivity index (χ1n) is 4.89. The number of aromatic nitrogens is 2. The summed E-state index contributed by atoms with van der Waals surface area (Å²) in [5.41, 5.74) is 1.06. The predicted octanol–water partition coefficient (Wildman–Crippen LogP) is 1.36. The van der Waals surface area contributed by atoms with Crippen molar-refractivity contribution in [1.82, 2.24) is 9.97 Å². The molecule has 0 saturated heterocycles. The highest BCUT2D eigenvalue weighted by molar-refractivity contribution is 5.23. The zero-order valence-electron chi connectivity index (χ0n) is 8.70. The summed E-state index contributed by atoms with van der Waals surface area (Å²) in [6.07, 6.45) is 5.07. The number of nitrogens with one attached hydrogen (secondary N) is 1. The van der Waals surface area contributed by atoms with Crippen molar-refractivity contribution in [2.24, 2.45) is 0 Å². The van der Waals surface area contributed by atoms with Crippen LogP contribution in [0.5, 0.6) is 0 Å². The Bertz CT molecular complexity index is 259. The smallest absolute Gasteiger partial charge is 0.222 e. The van der Waals surface area contributed by atoms with Crippen molar-refractivity contribution < 1.29 is 5.11 Å². The van der Waals surface area contributed by atoms with Crippen molar-refractivity contribution in [3.63, 3.8) is 0 Å². The van der Waals surface area contributed by atoms with Gasteiger partial charge in [0.05, 0.1) is 6.10 Å². The standard InChI is InChI=1S/C10H17N3O/c1-8-6-12-10(13-7-8)11-5-3-4-9(2)14/h6-7,9,14H,3-5H2,1-2H3,(H,11,12,13). The number of hydrogen-bond donors (Lipinski definition) is 2. The summed E-state index contributed by atoms with van der Waals surface area (Å²) < 4.78 is 0. The van der Waals surface area contributed by atoms with E-state index in [0.717, 1.165) is 24.9 Å². The maximum absolute atomic E-state index is 9.03.